The number of carbonyl (C=O) groups excluding carboxylic acids is 1. The van der Waals surface area contributed by atoms with E-state index in [1.807, 2.05) is 0 Å². The lowest BCUT2D eigenvalue weighted by atomic mass is 10.2. The number of hydrogen-bond donors (Lipinski definition) is 0. The molecule has 0 fully saturated rings. The van der Waals surface area contributed by atoms with Crippen LogP contribution < -0.4 is 0 Å². The minimum Gasteiger partial charge on any atom is -0.466 e. The monoisotopic (exact) mass is 318 g/mol. The number of sulfone groups is 1. The van der Waals surface area contributed by atoms with Crippen molar-refractivity contribution in [1.29, 1.82) is 0 Å². The highest BCUT2D eigenvalue weighted by atomic mass is 35.5. The normalized spacial score (nSPS) is 11.3. The molecule has 0 spiro atoms. The molecule has 6 heteroatoms. The van der Waals surface area contributed by atoms with Gasteiger partial charge in [-0.25, -0.2) is 8.42 Å². The SMILES string of the molecule is CCOC(=O)CCCCCS(=O)(=O)c1ccc(Cl)cc1. The third kappa shape index (κ3) is 5.92. The van der Waals surface area contributed by atoms with Crippen LogP contribution in [0.3, 0.4) is 0 Å². The van der Waals surface area contributed by atoms with Gasteiger partial charge in [-0.3, -0.25) is 4.79 Å². The van der Waals surface area contributed by atoms with Crippen molar-refractivity contribution in [3.8, 4) is 0 Å². The zero-order chi connectivity index (χ0) is 15.0. The Hall–Kier alpha value is -1.07. The van der Waals surface area contributed by atoms with Crippen LogP contribution in [0.15, 0.2) is 29.2 Å². The molecule has 0 saturated carbocycles. The van der Waals surface area contributed by atoms with Crippen molar-refractivity contribution in [2.45, 2.75) is 37.5 Å². The summed E-state index contributed by atoms with van der Waals surface area (Å²) in [5, 5.41) is 0.512. The first-order chi connectivity index (χ1) is 9.45. The highest BCUT2D eigenvalue weighted by molar-refractivity contribution is 7.91. The number of carbonyl (C=O) groups is 1. The zero-order valence-electron chi connectivity index (χ0n) is 11.5. The molecule has 0 N–H and O–H groups in total. The molecule has 1 aromatic rings. The van der Waals surface area contributed by atoms with Crippen LogP contribution in [-0.4, -0.2) is 26.7 Å². The first-order valence-electron chi connectivity index (χ1n) is 6.59. The van der Waals surface area contributed by atoms with Gasteiger partial charge in [0.05, 0.1) is 17.3 Å². The number of esters is 1. The van der Waals surface area contributed by atoms with E-state index in [1.165, 1.54) is 12.1 Å². The van der Waals surface area contributed by atoms with E-state index in [1.54, 1.807) is 19.1 Å². The average Bonchev–Trinajstić information content (AvgIpc) is 2.39. The van der Waals surface area contributed by atoms with Gasteiger partial charge in [-0.05, 0) is 44.0 Å². The molecule has 0 saturated heterocycles. The second kappa shape index (κ2) is 8.27. The highest BCUT2D eigenvalue weighted by Crippen LogP contribution is 2.17. The van der Waals surface area contributed by atoms with Crippen molar-refractivity contribution in [2.75, 3.05) is 12.4 Å². The summed E-state index contributed by atoms with van der Waals surface area (Å²) in [6, 6.07) is 6.15. The molecule has 0 bridgehead atoms. The van der Waals surface area contributed by atoms with Gasteiger partial charge >= 0.3 is 5.97 Å². The van der Waals surface area contributed by atoms with Gasteiger partial charge in [0.25, 0.3) is 0 Å². The Labute approximate surface area is 125 Å². The summed E-state index contributed by atoms with van der Waals surface area (Å²) in [6.07, 6.45) is 2.21. The maximum atomic E-state index is 12.0. The lowest BCUT2D eigenvalue weighted by Gasteiger charge is -2.05. The van der Waals surface area contributed by atoms with Crippen molar-refractivity contribution < 1.29 is 17.9 Å². The topological polar surface area (TPSA) is 60.4 Å². The quantitative estimate of drug-likeness (QED) is 0.545. The second-order valence-electron chi connectivity index (χ2n) is 4.39. The smallest absolute Gasteiger partial charge is 0.305 e. The summed E-state index contributed by atoms with van der Waals surface area (Å²) in [7, 11) is -3.26. The van der Waals surface area contributed by atoms with E-state index in [0.29, 0.717) is 37.3 Å². The van der Waals surface area contributed by atoms with E-state index >= 15 is 0 Å². The highest BCUT2D eigenvalue weighted by Gasteiger charge is 2.13. The molecule has 0 heterocycles. The maximum Gasteiger partial charge on any atom is 0.305 e. The van der Waals surface area contributed by atoms with Crippen LogP contribution in [0.25, 0.3) is 0 Å². The predicted octanol–water partition coefficient (Wildman–Crippen LogP) is 3.24. The minimum absolute atomic E-state index is 0.0808. The third-order valence-electron chi connectivity index (χ3n) is 2.77. The van der Waals surface area contributed by atoms with Crippen LogP contribution in [0.1, 0.15) is 32.6 Å². The summed E-state index contributed by atoms with van der Waals surface area (Å²) in [5.74, 6) is -0.148. The lowest BCUT2D eigenvalue weighted by Crippen LogP contribution is -2.07. The van der Waals surface area contributed by atoms with E-state index in [2.05, 4.69) is 0 Å². The van der Waals surface area contributed by atoms with E-state index in [4.69, 9.17) is 16.3 Å². The standard InChI is InChI=1S/C14H19ClO4S/c1-2-19-14(16)6-4-3-5-11-20(17,18)13-9-7-12(15)8-10-13/h7-10H,2-6,11H2,1H3. The van der Waals surface area contributed by atoms with Gasteiger partial charge in [0.2, 0.25) is 0 Å². The van der Waals surface area contributed by atoms with Crippen molar-refractivity contribution in [2.24, 2.45) is 0 Å². The maximum absolute atomic E-state index is 12.0. The Morgan fingerprint density at radius 2 is 1.80 bits per heavy atom. The van der Waals surface area contributed by atoms with Crippen LogP contribution in [0.4, 0.5) is 0 Å². The molecule has 0 radical (unpaired) electrons. The summed E-state index contributed by atoms with van der Waals surface area (Å²) in [6.45, 7) is 2.14. The Morgan fingerprint density at radius 1 is 1.15 bits per heavy atom. The van der Waals surface area contributed by atoms with Crippen molar-refractivity contribution in [1.82, 2.24) is 0 Å². The fourth-order valence-electron chi connectivity index (χ4n) is 1.73. The molecule has 0 amide bonds. The number of benzene rings is 1. The fraction of sp³-hybridized carbons (Fsp3) is 0.500. The molecule has 0 aliphatic rings. The number of halogens is 1. The Bertz CT molecular complexity index is 523. The van der Waals surface area contributed by atoms with Gasteiger partial charge in [-0.2, -0.15) is 0 Å². The summed E-state index contributed by atoms with van der Waals surface area (Å²) in [4.78, 5) is 11.4. The number of rotatable bonds is 8. The summed E-state index contributed by atoms with van der Waals surface area (Å²) in [5.41, 5.74) is 0. The van der Waals surface area contributed by atoms with Crippen molar-refractivity contribution in [3.05, 3.63) is 29.3 Å². The fourth-order valence-corrected chi connectivity index (χ4v) is 3.23. The Morgan fingerprint density at radius 3 is 2.40 bits per heavy atom. The van der Waals surface area contributed by atoms with Gasteiger partial charge in [0.15, 0.2) is 9.84 Å². The minimum atomic E-state index is -3.26. The van der Waals surface area contributed by atoms with E-state index in [0.717, 1.165) is 0 Å². The third-order valence-corrected chi connectivity index (χ3v) is 4.84. The first kappa shape index (κ1) is 17.0. The van der Waals surface area contributed by atoms with Gasteiger partial charge in [-0.1, -0.05) is 18.0 Å². The molecule has 0 aliphatic carbocycles. The molecule has 112 valence electrons. The molecule has 1 rings (SSSR count). The summed E-state index contributed by atoms with van der Waals surface area (Å²) < 4.78 is 28.8. The number of hydrogen-bond acceptors (Lipinski definition) is 4. The Balaban J connectivity index is 2.34. The molecule has 20 heavy (non-hydrogen) atoms. The molecule has 4 nitrogen and oxygen atoms in total. The molecular formula is C14H19ClO4S. The zero-order valence-corrected chi connectivity index (χ0v) is 13.0. The average molecular weight is 319 g/mol. The van der Waals surface area contributed by atoms with Crippen LogP contribution >= 0.6 is 11.6 Å². The van der Waals surface area contributed by atoms with Gasteiger partial charge in [0.1, 0.15) is 0 Å². The number of ether oxygens (including phenoxy) is 1. The molecule has 0 atom stereocenters. The van der Waals surface area contributed by atoms with Crippen molar-refractivity contribution in [3.63, 3.8) is 0 Å². The van der Waals surface area contributed by atoms with E-state index < -0.39 is 9.84 Å². The van der Waals surface area contributed by atoms with Gasteiger partial charge < -0.3 is 4.74 Å². The predicted molar refractivity (Wildman–Crippen MR) is 78.6 cm³/mol. The lowest BCUT2D eigenvalue weighted by molar-refractivity contribution is -0.143. The van der Waals surface area contributed by atoms with Crippen molar-refractivity contribution >= 4 is 27.4 Å². The number of unbranched alkanes of at least 4 members (excludes halogenated alkanes) is 2. The second-order valence-corrected chi connectivity index (χ2v) is 6.93. The van der Waals surface area contributed by atoms with Gasteiger partial charge in [0, 0.05) is 11.4 Å². The van der Waals surface area contributed by atoms with Gasteiger partial charge in [-0.15, -0.1) is 0 Å². The first-order valence-corrected chi connectivity index (χ1v) is 8.62. The molecule has 0 unspecified atom stereocenters. The largest absolute Gasteiger partial charge is 0.466 e. The molecule has 0 aliphatic heterocycles. The van der Waals surface area contributed by atoms with E-state index in [-0.39, 0.29) is 16.6 Å². The molecule has 0 aromatic heterocycles. The van der Waals surface area contributed by atoms with Crippen LogP contribution in [0, 0.1) is 0 Å². The van der Waals surface area contributed by atoms with E-state index in [9.17, 15) is 13.2 Å². The van der Waals surface area contributed by atoms with Crippen LogP contribution in [0.2, 0.25) is 5.02 Å². The summed E-state index contributed by atoms with van der Waals surface area (Å²) >= 11 is 5.72. The molecular weight excluding hydrogens is 300 g/mol. The molecule has 1 aromatic carbocycles. The van der Waals surface area contributed by atoms with Crippen LogP contribution in [0.5, 0.6) is 0 Å². The Kier molecular flexibility index (Phi) is 7.02. The van der Waals surface area contributed by atoms with Crippen LogP contribution in [-0.2, 0) is 19.4 Å².